The second-order valence-electron chi connectivity index (χ2n) is 6.64. The van der Waals surface area contributed by atoms with E-state index in [9.17, 15) is 4.79 Å². The predicted molar refractivity (Wildman–Crippen MR) is 99.2 cm³/mol. The van der Waals surface area contributed by atoms with Gasteiger partial charge in [0.25, 0.3) is 0 Å². The Hall–Kier alpha value is -1.87. The average Bonchev–Trinajstić information content (AvgIpc) is 2.89. The molecule has 1 fully saturated rings. The smallest absolute Gasteiger partial charge is 0.227 e. The lowest BCUT2D eigenvalue weighted by molar-refractivity contribution is -0.132. The summed E-state index contributed by atoms with van der Waals surface area (Å²) in [6.45, 7) is 0.678. The predicted octanol–water partition coefficient (Wildman–Crippen LogP) is 5.12. The molecule has 0 unspecified atom stereocenters. The average molecular weight is 382 g/mol. The maximum Gasteiger partial charge on any atom is 0.227 e. The summed E-state index contributed by atoms with van der Waals surface area (Å²) >= 11 is 3.58. The molecule has 1 aliphatic carbocycles. The van der Waals surface area contributed by atoms with Gasteiger partial charge < -0.3 is 4.90 Å². The van der Waals surface area contributed by atoms with Crippen LogP contribution in [-0.2, 0) is 11.3 Å². The zero-order valence-electron chi connectivity index (χ0n) is 13.4. The second kappa shape index (κ2) is 6.56. The van der Waals surface area contributed by atoms with Crippen molar-refractivity contribution in [1.29, 1.82) is 0 Å². The van der Waals surface area contributed by atoms with Gasteiger partial charge in [0, 0.05) is 22.9 Å². The number of likely N-dealkylation sites (tertiary alicyclic amines) is 1. The SMILES string of the molecule is O=C1[C@@H]2CCC=C[C@H]2[C@H](c2cccc(Br)c2)N1Cc1ccccc1. The third-order valence-corrected chi connectivity index (χ3v) is 5.65. The van der Waals surface area contributed by atoms with Crippen molar-refractivity contribution >= 4 is 21.8 Å². The number of rotatable bonds is 3. The molecule has 0 spiro atoms. The van der Waals surface area contributed by atoms with Crippen LogP contribution in [0.25, 0.3) is 0 Å². The molecular formula is C21H20BrNO. The van der Waals surface area contributed by atoms with Gasteiger partial charge in [-0.1, -0.05) is 70.5 Å². The van der Waals surface area contributed by atoms with Gasteiger partial charge in [-0.15, -0.1) is 0 Å². The number of amides is 1. The molecule has 122 valence electrons. The van der Waals surface area contributed by atoms with Crippen LogP contribution in [0.2, 0.25) is 0 Å². The van der Waals surface area contributed by atoms with Crippen molar-refractivity contribution in [2.45, 2.75) is 25.4 Å². The largest absolute Gasteiger partial charge is 0.330 e. The van der Waals surface area contributed by atoms with Gasteiger partial charge in [-0.05, 0) is 36.1 Å². The topological polar surface area (TPSA) is 20.3 Å². The first-order valence-corrected chi connectivity index (χ1v) is 9.30. The van der Waals surface area contributed by atoms with Gasteiger partial charge in [0.1, 0.15) is 0 Å². The van der Waals surface area contributed by atoms with Gasteiger partial charge in [0.2, 0.25) is 5.91 Å². The molecule has 3 heteroatoms. The molecule has 1 saturated heterocycles. The highest BCUT2D eigenvalue weighted by Gasteiger charge is 2.47. The van der Waals surface area contributed by atoms with Crippen LogP contribution in [0.3, 0.4) is 0 Å². The van der Waals surface area contributed by atoms with Gasteiger partial charge in [0.15, 0.2) is 0 Å². The van der Waals surface area contributed by atoms with Crippen LogP contribution in [0.1, 0.15) is 30.0 Å². The van der Waals surface area contributed by atoms with Gasteiger partial charge in [-0.25, -0.2) is 0 Å². The number of fused-ring (bicyclic) bond motifs is 1. The fraction of sp³-hybridized carbons (Fsp3) is 0.286. The highest BCUT2D eigenvalue weighted by Crippen LogP contribution is 2.47. The second-order valence-corrected chi connectivity index (χ2v) is 7.56. The molecular weight excluding hydrogens is 362 g/mol. The number of allylic oxidation sites excluding steroid dienone is 1. The number of benzene rings is 2. The van der Waals surface area contributed by atoms with Crippen molar-refractivity contribution in [3.8, 4) is 0 Å². The molecule has 0 aromatic heterocycles. The standard InChI is InChI=1S/C21H20BrNO/c22-17-10-6-9-16(13-17)20-18-11-4-5-12-19(18)21(24)23(20)14-15-7-2-1-3-8-15/h1-4,6-11,13,18-20H,5,12,14H2/t18-,19-,20+/m1/s1. The highest BCUT2D eigenvalue weighted by atomic mass is 79.9. The number of carbonyl (C=O) groups excluding carboxylic acids is 1. The molecule has 3 atom stereocenters. The summed E-state index contributed by atoms with van der Waals surface area (Å²) < 4.78 is 1.07. The van der Waals surface area contributed by atoms with Crippen molar-refractivity contribution < 1.29 is 4.79 Å². The number of carbonyl (C=O) groups is 1. The Kier molecular flexibility index (Phi) is 4.28. The first-order valence-electron chi connectivity index (χ1n) is 8.50. The van der Waals surface area contributed by atoms with E-state index in [0.717, 1.165) is 17.3 Å². The molecule has 0 saturated carbocycles. The molecule has 1 aliphatic heterocycles. The molecule has 2 aliphatic rings. The van der Waals surface area contributed by atoms with E-state index < -0.39 is 0 Å². The fourth-order valence-corrected chi connectivity index (χ4v) is 4.49. The van der Waals surface area contributed by atoms with Gasteiger partial charge >= 0.3 is 0 Å². The zero-order valence-corrected chi connectivity index (χ0v) is 15.0. The first kappa shape index (κ1) is 15.6. The monoisotopic (exact) mass is 381 g/mol. The summed E-state index contributed by atoms with van der Waals surface area (Å²) in [6.07, 6.45) is 6.49. The van der Waals surface area contributed by atoms with Crippen molar-refractivity contribution in [3.63, 3.8) is 0 Å². The molecule has 2 aromatic carbocycles. The van der Waals surface area contributed by atoms with Crippen LogP contribution in [-0.4, -0.2) is 10.8 Å². The van der Waals surface area contributed by atoms with E-state index in [4.69, 9.17) is 0 Å². The van der Waals surface area contributed by atoms with Crippen LogP contribution in [0.5, 0.6) is 0 Å². The summed E-state index contributed by atoms with van der Waals surface area (Å²) in [5, 5.41) is 0. The number of halogens is 1. The van der Waals surface area contributed by atoms with Crippen molar-refractivity contribution in [3.05, 3.63) is 82.3 Å². The Morgan fingerprint density at radius 3 is 2.71 bits per heavy atom. The van der Waals surface area contributed by atoms with Crippen LogP contribution >= 0.6 is 15.9 Å². The van der Waals surface area contributed by atoms with Crippen LogP contribution in [0, 0.1) is 11.8 Å². The van der Waals surface area contributed by atoms with Crippen LogP contribution < -0.4 is 0 Å². The minimum absolute atomic E-state index is 0.122. The summed E-state index contributed by atoms with van der Waals surface area (Å²) in [6, 6.07) is 18.8. The van der Waals surface area contributed by atoms with E-state index in [1.54, 1.807) is 0 Å². The van der Waals surface area contributed by atoms with Crippen molar-refractivity contribution in [2.75, 3.05) is 0 Å². The molecule has 2 aromatic rings. The first-order chi connectivity index (χ1) is 11.7. The zero-order chi connectivity index (χ0) is 16.5. The van der Waals surface area contributed by atoms with E-state index in [2.05, 4.69) is 63.3 Å². The normalized spacial score (nSPS) is 25.8. The molecule has 1 amide bonds. The molecule has 0 N–H and O–H groups in total. The van der Waals surface area contributed by atoms with Gasteiger partial charge in [-0.2, -0.15) is 0 Å². The van der Waals surface area contributed by atoms with E-state index in [-0.39, 0.29) is 17.9 Å². The minimum atomic E-state index is 0.122. The molecule has 1 heterocycles. The van der Waals surface area contributed by atoms with Crippen LogP contribution in [0.15, 0.2) is 71.2 Å². The molecule has 4 rings (SSSR count). The Labute approximate surface area is 151 Å². The summed E-state index contributed by atoms with van der Waals surface area (Å²) in [5.74, 6) is 0.713. The van der Waals surface area contributed by atoms with E-state index >= 15 is 0 Å². The Morgan fingerprint density at radius 1 is 1.08 bits per heavy atom. The number of hydrogen-bond acceptors (Lipinski definition) is 1. The van der Waals surface area contributed by atoms with E-state index in [0.29, 0.717) is 12.5 Å². The van der Waals surface area contributed by atoms with E-state index in [1.165, 1.54) is 11.1 Å². The molecule has 0 bridgehead atoms. The molecule has 2 nitrogen and oxygen atoms in total. The Balaban J connectivity index is 1.74. The highest BCUT2D eigenvalue weighted by molar-refractivity contribution is 9.10. The lowest BCUT2D eigenvalue weighted by atomic mass is 9.81. The molecule has 0 radical (unpaired) electrons. The van der Waals surface area contributed by atoms with Gasteiger partial charge in [-0.3, -0.25) is 4.79 Å². The molecule has 24 heavy (non-hydrogen) atoms. The Bertz CT molecular complexity index is 770. The summed E-state index contributed by atoms with van der Waals surface area (Å²) in [5.41, 5.74) is 2.40. The third kappa shape index (κ3) is 2.82. The van der Waals surface area contributed by atoms with Crippen molar-refractivity contribution in [2.24, 2.45) is 11.8 Å². The Morgan fingerprint density at radius 2 is 1.92 bits per heavy atom. The maximum atomic E-state index is 13.1. The fourth-order valence-electron chi connectivity index (χ4n) is 4.08. The van der Waals surface area contributed by atoms with Crippen molar-refractivity contribution in [1.82, 2.24) is 4.90 Å². The van der Waals surface area contributed by atoms with Gasteiger partial charge in [0.05, 0.1) is 6.04 Å². The summed E-state index contributed by atoms with van der Waals surface area (Å²) in [4.78, 5) is 15.2. The quantitative estimate of drug-likeness (QED) is 0.676. The minimum Gasteiger partial charge on any atom is -0.330 e. The third-order valence-electron chi connectivity index (χ3n) is 5.15. The lowest BCUT2D eigenvalue weighted by Crippen LogP contribution is -2.29. The number of nitrogens with zero attached hydrogens (tertiary/aromatic N) is 1. The maximum absolute atomic E-state index is 13.1. The summed E-state index contributed by atoms with van der Waals surface area (Å²) in [7, 11) is 0. The van der Waals surface area contributed by atoms with Crippen LogP contribution in [0.4, 0.5) is 0 Å². The number of hydrogen-bond donors (Lipinski definition) is 0. The van der Waals surface area contributed by atoms with E-state index in [1.807, 2.05) is 24.3 Å². The lowest BCUT2D eigenvalue weighted by Gasteiger charge is -2.28.